The van der Waals surface area contributed by atoms with E-state index in [0.29, 0.717) is 6.54 Å². The second-order valence-corrected chi connectivity index (χ2v) is 5.29. The summed E-state index contributed by atoms with van der Waals surface area (Å²) in [7, 11) is 0. The van der Waals surface area contributed by atoms with Crippen LogP contribution < -0.4 is 5.32 Å². The third kappa shape index (κ3) is 2.15. The smallest absolute Gasteiger partial charge is 0.235 e. The minimum atomic E-state index is 0.245. The molecule has 1 unspecified atom stereocenters. The number of fused-ring (bicyclic) bond motifs is 1. The summed E-state index contributed by atoms with van der Waals surface area (Å²) in [6.07, 6.45) is 0. The second kappa shape index (κ2) is 5.12. The molecule has 0 saturated heterocycles. The topological polar surface area (TPSA) is 51.0 Å². The Balaban J connectivity index is 1.82. The SMILES string of the molecule is CCNCc1noc(C2CSc3ccccc32)n1. The molecule has 0 spiro atoms. The first-order chi connectivity index (χ1) is 8.88. The van der Waals surface area contributed by atoms with Crippen LogP contribution >= 0.6 is 11.8 Å². The van der Waals surface area contributed by atoms with Crippen molar-refractivity contribution in [2.75, 3.05) is 12.3 Å². The molecule has 0 radical (unpaired) electrons. The van der Waals surface area contributed by atoms with Crippen LogP contribution in [-0.4, -0.2) is 22.4 Å². The van der Waals surface area contributed by atoms with E-state index in [9.17, 15) is 0 Å². The van der Waals surface area contributed by atoms with Gasteiger partial charge in [-0.2, -0.15) is 4.98 Å². The third-order valence-electron chi connectivity index (χ3n) is 3.01. The van der Waals surface area contributed by atoms with Crippen molar-refractivity contribution in [2.45, 2.75) is 24.3 Å². The van der Waals surface area contributed by atoms with Crippen LogP contribution in [0, 0.1) is 0 Å². The van der Waals surface area contributed by atoms with Crippen molar-refractivity contribution in [1.29, 1.82) is 0 Å². The average molecular weight is 261 g/mol. The molecule has 0 amide bonds. The van der Waals surface area contributed by atoms with Gasteiger partial charge in [0.25, 0.3) is 0 Å². The highest BCUT2D eigenvalue weighted by Gasteiger charge is 2.28. The zero-order valence-electron chi connectivity index (χ0n) is 10.2. The molecular formula is C13H15N3OS. The molecule has 1 aromatic heterocycles. The normalized spacial score (nSPS) is 17.9. The lowest BCUT2D eigenvalue weighted by Gasteiger charge is -2.03. The summed E-state index contributed by atoms with van der Waals surface area (Å²) in [6.45, 7) is 3.64. The molecule has 0 aliphatic carbocycles. The third-order valence-corrected chi connectivity index (χ3v) is 4.20. The molecule has 1 atom stereocenters. The lowest BCUT2D eigenvalue weighted by molar-refractivity contribution is 0.365. The Kier molecular flexibility index (Phi) is 3.34. The molecule has 1 aliphatic rings. The highest BCUT2D eigenvalue weighted by Crippen LogP contribution is 2.42. The molecule has 4 nitrogen and oxygen atoms in total. The Labute approximate surface area is 110 Å². The van der Waals surface area contributed by atoms with E-state index in [2.05, 4.69) is 46.6 Å². The highest BCUT2D eigenvalue weighted by atomic mass is 32.2. The van der Waals surface area contributed by atoms with E-state index < -0.39 is 0 Å². The quantitative estimate of drug-likeness (QED) is 0.916. The Bertz CT molecular complexity index is 541. The van der Waals surface area contributed by atoms with Crippen LogP contribution in [0.15, 0.2) is 33.7 Å². The Morgan fingerprint density at radius 3 is 3.22 bits per heavy atom. The molecule has 2 aromatic rings. The summed E-state index contributed by atoms with van der Waals surface area (Å²) >= 11 is 1.85. The van der Waals surface area contributed by atoms with Crippen molar-refractivity contribution in [3.8, 4) is 0 Å². The summed E-state index contributed by atoms with van der Waals surface area (Å²) in [4.78, 5) is 5.80. The van der Waals surface area contributed by atoms with Crippen LogP contribution in [-0.2, 0) is 6.54 Å². The summed E-state index contributed by atoms with van der Waals surface area (Å²) in [5.41, 5.74) is 1.31. The molecule has 1 aromatic carbocycles. The van der Waals surface area contributed by atoms with Gasteiger partial charge in [0, 0.05) is 10.6 Å². The molecular weight excluding hydrogens is 246 g/mol. The van der Waals surface area contributed by atoms with E-state index in [1.54, 1.807) is 0 Å². The number of hydrogen-bond acceptors (Lipinski definition) is 5. The van der Waals surface area contributed by atoms with Gasteiger partial charge in [-0.15, -0.1) is 11.8 Å². The van der Waals surface area contributed by atoms with E-state index in [-0.39, 0.29) is 5.92 Å². The van der Waals surface area contributed by atoms with Crippen LogP contribution in [0.1, 0.15) is 30.1 Å². The largest absolute Gasteiger partial charge is 0.339 e. The van der Waals surface area contributed by atoms with Crippen LogP contribution in [0.5, 0.6) is 0 Å². The molecule has 18 heavy (non-hydrogen) atoms. The summed E-state index contributed by atoms with van der Waals surface area (Å²) in [6, 6.07) is 8.43. The first-order valence-electron chi connectivity index (χ1n) is 6.13. The first kappa shape index (κ1) is 11.7. The fourth-order valence-electron chi connectivity index (χ4n) is 2.08. The first-order valence-corrected chi connectivity index (χ1v) is 7.12. The number of benzene rings is 1. The molecule has 94 valence electrons. The maximum Gasteiger partial charge on any atom is 0.235 e. The number of hydrogen-bond donors (Lipinski definition) is 1. The number of nitrogens with one attached hydrogen (secondary N) is 1. The molecule has 0 bridgehead atoms. The van der Waals surface area contributed by atoms with E-state index in [0.717, 1.165) is 24.0 Å². The Morgan fingerprint density at radius 2 is 2.33 bits per heavy atom. The maximum absolute atomic E-state index is 5.39. The lowest BCUT2D eigenvalue weighted by Crippen LogP contribution is -2.13. The van der Waals surface area contributed by atoms with Crippen molar-refractivity contribution in [1.82, 2.24) is 15.5 Å². The van der Waals surface area contributed by atoms with E-state index >= 15 is 0 Å². The predicted octanol–water partition coefficient (Wildman–Crippen LogP) is 2.42. The van der Waals surface area contributed by atoms with Gasteiger partial charge in [-0.3, -0.25) is 0 Å². The predicted molar refractivity (Wildman–Crippen MR) is 70.7 cm³/mol. The van der Waals surface area contributed by atoms with Crippen LogP contribution in [0.4, 0.5) is 0 Å². The van der Waals surface area contributed by atoms with Crippen molar-refractivity contribution >= 4 is 11.8 Å². The standard InChI is InChI=1S/C13H15N3OS/c1-2-14-7-12-15-13(17-16-12)10-8-18-11-6-4-3-5-9(10)11/h3-6,10,14H,2,7-8H2,1H3. The van der Waals surface area contributed by atoms with Crippen LogP contribution in [0.3, 0.4) is 0 Å². The molecule has 0 saturated carbocycles. The van der Waals surface area contributed by atoms with Crippen LogP contribution in [0.2, 0.25) is 0 Å². The second-order valence-electron chi connectivity index (χ2n) is 4.23. The molecule has 1 N–H and O–H groups in total. The number of aromatic nitrogens is 2. The van der Waals surface area contributed by atoms with Crippen molar-refractivity contribution in [2.24, 2.45) is 0 Å². The molecule has 1 aliphatic heterocycles. The number of nitrogens with zero attached hydrogens (tertiary/aromatic N) is 2. The zero-order valence-corrected chi connectivity index (χ0v) is 11.0. The van der Waals surface area contributed by atoms with Crippen molar-refractivity contribution < 1.29 is 4.52 Å². The van der Waals surface area contributed by atoms with Gasteiger partial charge < -0.3 is 9.84 Å². The molecule has 3 rings (SSSR count). The fraction of sp³-hybridized carbons (Fsp3) is 0.385. The average Bonchev–Trinajstić information content (AvgIpc) is 3.02. The monoisotopic (exact) mass is 261 g/mol. The number of thioether (sulfide) groups is 1. The van der Waals surface area contributed by atoms with Gasteiger partial charge in [-0.1, -0.05) is 30.3 Å². The number of rotatable bonds is 4. The Morgan fingerprint density at radius 1 is 1.44 bits per heavy atom. The van der Waals surface area contributed by atoms with Gasteiger partial charge in [0.05, 0.1) is 12.5 Å². The molecule has 2 heterocycles. The minimum absolute atomic E-state index is 0.245. The molecule has 5 heteroatoms. The van der Waals surface area contributed by atoms with Gasteiger partial charge >= 0.3 is 0 Å². The van der Waals surface area contributed by atoms with Gasteiger partial charge in [0.15, 0.2) is 5.82 Å². The minimum Gasteiger partial charge on any atom is -0.339 e. The summed E-state index contributed by atoms with van der Waals surface area (Å²) in [5, 5.41) is 7.21. The van der Waals surface area contributed by atoms with Crippen molar-refractivity contribution in [3.05, 3.63) is 41.5 Å². The van der Waals surface area contributed by atoms with Crippen LogP contribution in [0.25, 0.3) is 0 Å². The summed E-state index contributed by atoms with van der Waals surface area (Å²) < 4.78 is 5.39. The van der Waals surface area contributed by atoms with Crippen molar-refractivity contribution in [3.63, 3.8) is 0 Å². The zero-order chi connectivity index (χ0) is 12.4. The van der Waals surface area contributed by atoms with Gasteiger partial charge in [-0.25, -0.2) is 0 Å². The summed E-state index contributed by atoms with van der Waals surface area (Å²) in [5.74, 6) is 2.71. The highest BCUT2D eigenvalue weighted by molar-refractivity contribution is 7.99. The van der Waals surface area contributed by atoms with E-state index in [4.69, 9.17) is 4.52 Å². The fourth-order valence-corrected chi connectivity index (χ4v) is 3.30. The lowest BCUT2D eigenvalue weighted by atomic mass is 10.0. The van der Waals surface area contributed by atoms with Gasteiger partial charge in [0.1, 0.15) is 0 Å². The van der Waals surface area contributed by atoms with Gasteiger partial charge in [0.2, 0.25) is 5.89 Å². The maximum atomic E-state index is 5.39. The van der Waals surface area contributed by atoms with E-state index in [1.807, 2.05) is 11.8 Å². The van der Waals surface area contributed by atoms with Gasteiger partial charge in [-0.05, 0) is 18.2 Å². The Hall–Kier alpha value is -1.33. The molecule has 0 fully saturated rings. The van der Waals surface area contributed by atoms with E-state index in [1.165, 1.54) is 10.5 Å².